The molecule has 0 fully saturated rings. The van der Waals surface area contributed by atoms with E-state index in [0.29, 0.717) is 28.0 Å². The lowest BCUT2D eigenvalue weighted by molar-refractivity contribution is 0.102. The number of amides is 1. The molecule has 2 aromatic carbocycles. The second-order valence-corrected chi connectivity index (χ2v) is 6.73. The normalized spacial score (nSPS) is 10.7. The number of nitrogens with zero attached hydrogens (tertiary/aromatic N) is 2. The minimum atomic E-state index is -0.169. The summed E-state index contributed by atoms with van der Waals surface area (Å²) < 4.78 is 1.73. The Bertz CT molecular complexity index is 934. The van der Waals surface area contributed by atoms with E-state index in [0.717, 1.165) is 16.7 Å². The zero-order valence-electron chi connectivity index (χ0n) is 13.9. The number of carbonyl (C=O) groups is 1. The lowest BCUT2D eigenvalue weighted by atomic mass is 10.1. The predicted octanol–water partition coefficient (Wildman–Crippen LogP) is 5.11. The van der Waals surface area contributed by atoms with Crippen LogP contribution < -0.4 is 5.32 Å². The molecule has 1 aromatic heterocycles. The van der Waals surface area contributed by atoms with Crippen molar-refractivity contribution in [2.45, 2.75) is 20.4 Å². The van der Waals surface area contributed by atoms with Crippen LogP contribution in [-0.4, -0.2) is 15.7 Å². The highest BCUT2D eigenvalue weighted by atomic mass is 35.5. The van der Waals surface area contributed by atoms with E-state index in [2.05, 4.69) is 10.4 Å². The first-order chi connectivity index (χ1) is 11.9. The Labute approximate surface area is 156 Å². The Balaban J connectivity index is 1.70. The average molecular weight is 374 g/mol. The maximum absolute atomic E-state index is 12.4. The van der Waals surface area contributed by atoms with Crippen molar-refractivity contribution in [3.05, 3.63) is 81.0 Å². The van der Waals surface area contributed by atoms with Crippen LogP contribution >= 0.6 is 23.2 Å². The minimum absolute atomic E-state index is 0.169. The molecule has 0 aliphatic heterocycles. The number of benzene rings is 2. The fourth-order valence-electron chi connectivity index (χ4n) is 2.59. The van der Waals surface area contributed by atoms with Gasteiger partial charge in [0.25, 0.3) is 5.91 Å². The SMILES string of the molecule is Cc1ccc(C(=O)Nc2ccn(Cc3ccc(Cl)c(Cl)c3)n2)c(C)c1. The average Bonchev–Trinajstić information content (AvgIpc) is 2.97. The molecule has 0 bridgehead atoms. The highest BCUT2D eigenvalue weighted by molar-refractivity contribution is 6.42. The Kier molecular flexibility index (Phi) is 5.11. The molecule has 0 unspecified atom stereocenters. The van der Waals surface area contributed by atoms with Gasteiger partial charge in [0, 0.05) is 17.8 Å². The van der Waals surface area contributed by atoms with Crippen LogP contribution in [0.25, 0.3) is 0 Å². The molecule has 1 heterocycles. The third-order valence-corrected chi connectivity index (χ3v) is 4.58. The van der Waals surface area contributed by atoms with Crippen molar-refractivity contribution in [3.8, 4) is 0 Å². The van der Waals surface area contributed by atoms with Gasteiger partial charge in [0.05, 0.1) is 16.6 Å². The van der Waals surface area contributed by atoms with E-state index in [1.54, 1.807) is 29.1 Å². The third-order valence-electron chi connectivity index (χ3n) is 3.84. The number of aryl methyl sites for hydroxylation is 2. The number of anilines is 1. The maximum atomic E-state index is 12.4. The van der Waals surface area contributed by atoms with Gasteiger partial charge in [-0.3, -0.25) is 9.48 Å². The summed E-state index contributed by atoms with van der Waals surface area (Å²) in [6.45, 7) is 4.46. The zero-order valence-corrected chi connectivity index (χ0v) is 15.4. The molecule has 3 aromatic rings. The van der Waals surface area contributed by atoms with Crippen molar-refractivity contribution in [3.63, 3.8) is 0 Å². The number of halogens is 2. The summed E-state index contributed by atoms with van der Waals surface area (Å²) in [7, 11) is 0. The van der Waals surface area contributed by atoms with E-state index in [-0.39, 0.29) is 5.91 Å². The minimum Gasteiger partial charge on any atom is -0.305 e. The smallest absolute Gasteiger partial charge is 0.257 e. The number of carbonyl (C=O) groups excluding carboxylic acids is 1. The van der Waals surface area contributed by atoms with Crippen LogP contribution in [0.2, 0.25) is 10.0 Å². The van der Waals surface area contributed by atoms with Crippen LogP contribution in [0.4, 0.5) is 5.82 Å². The molecule has 0 atom stereocenters. The predicted molar refractivity (Wildman–Crippen MR) is 102 cm³/mol. The highest BCUT2D eigenvalue weighted by Gasteiger charge is 2.11. The van der Waals surface area contributed by atoms with Crippen LogP contribution in [0.3, 0.4) is 0 Å². The number of hydrogen-bond acceptors (Lipinski definition) is 2. The van der Waals surface area contributed by atoms with E-state index < -0.39 is 0 Å². The molecule has 6 heteroatoms. The van der Waals surface area contributed by atoms with Crippen LogP contribution in [0.5, 0.6) is 0 Å². The maximum Gasteiger partial charge on any atom is 0.257 e. The fourth-order valence-corrected chi connectivity index (χ4v) is 2.91. The van der Waals surface area contributed by atoms with Gasteiger partial charge < -0.3 is 5.32 Å². The molecule has 4 nitrogen and oxygen atoms in total. The molecular weight excluding hydrogens is 357 g/mol. The Morgan fingerprint density at radius 3 is 2.60 bits per heavy atom. The monoisotopic (exact) mass is 373 g/mol. The Morgan fingerprint density at radius 1 is 1.08 bits per heavy atom. The van der Waals surface area contributed by atoms with Crippen LogP contribution in [0, 0.1) is 13.8 Å². The molecule has 1 amide bonds. The standard InChI is InChI=1S/C19H17Cl2N3O/c1-12-3-5-15(13(2)9-12)19(25)22-18-7-8-24(23-18)11-14-4-6-16(20)17(21)10-14/h3-10H,11H2,1-2H3,(H,22,23,25). The molecule has 0 aliphatic carbocycles. The molecule has 0 aliphatic rings. The molecule has 25 heavy (non-hydrogen) atoms. The van der Waals surface area contributed by atoms with Gasteiger partial charge in [-0.1, -0.05) is 47.0 Å². The number of aromatic nitrogens is 2. The summed E-state index contributed by atoms with van der Waals surface area (Å²) >= 11 is 12.0. The summed E-state index contributed by atoms with van der Waals surface area (Å²) in [6.07, 6.45) is 1.81. The second kappa shape index (κ2) is 7.30. The molecule has 3 rings (SSSR count). The second-order valence-electron chi connectivity index (χ2n) is 5.92. The van der Waals surface area contributed by atoms with E-state index in [1.807, 2.05) is 38.1 Å². The van der Waals surface area contributed by atoms with Crippen molar-refractivity contribution >= 4 is 34.9 Å². The molecule has 0 saturated heterocycles. The topological polar surface area (TPSA) is 46.9 Å². The summed E-state index contributed by atoms with van der Waals surface area (Å²) in [5.74, 6) is 0.335. The lowest BCUT2D eigenvalue weighted by Crippen LogP contribution is -2.14. The van der Waals surface area contributed by atoms with Crippen molar-refractivity contribution in [1.29, 1.82) is 0 Å². The van der Waals surface area contributed by atoms with Crippen molar-refractivity contribution in [1.82, 2.24) is 9.78 Å². The summed E-state index contributed by atoms with van der Waals surface area (Å²) in [5, 5.41) is 8.24. The van der Waals surface area contributed by atoms with E-state index in [1.165, 1.54) is 0 Å². The van der Waals surface area contributed by atoms with Crippen molar-refractivity contribution in [2.24, 2.45) is 0 Å². The van der Waals surface area contributed by atoms with E-state index in [4.69, 9.17) is 23.2 Å². The summed E-state index contributed by atoms with van der Waals surface area (Å²) in [6, 6.07) is 12.9. The fraction of sp³-hybridized carbons (Fsp3) is 0.158. The first kappa shape index (κ1) is 17.5. The number of nitrogens with one attached hydrogen (secondary N) is 1. The number of rotatable bonds is 4. The van der Waals surface area contributed by atoms with E-state index >= 15 is 0 Å². The quantitative estimate of drug-likeness (QED) is 0.690. The first-order valence-electron chi connectivity index (χ1n) is 7.78. The van der Waals surface area contributed by atoms with Gasteiger partial charge >= 0.3 is 0 Å². The van der Waals surface area contributed by atoms with Crippen LogP contribution in [0.15, 0.2) is 48.7 Å². The molecule has 0 radical (unpaired) electrons. The third kappa shape index (κ3) is 4.21. The van der Waals surface area contributed by atoms with Crippen molar-refractivity contribution in [2.75, 3.05) is 5.32 Å². The first-order valence-corrected chi connectivity index (χ1v) is 8.54. The molecule has 128 valence electrons. The Morgan fingerprint density at radius 2 is 1.88 bits per heavy atom. The lowest BCUT2D eigenvalue weighted by Gasteiger charge is -2.07. The zero-order chi connectivity index (χ0) is 18.0. The van der Waals surface area contributed by atoms with Crippen LogP contribution in [-0.2, 0) is 6.54 Å². The van der Waals surface area contributed by atoms with Crippen LogP contribution in [0.1, 0.15) is 27.0 Å². The van der Waals surface area contributed by atoms with Crippen molar-refractivity contribution < 1.29 is 4.79 Å². The summed E-state index contributed by atoms with van der Waals surface area (Å²) in [5.41, 5.74) is 3.68. The van der Waals surface area contributed by atoms with Gasteiger partial charge in [-0.2, -0.15) is 5.10 Å². The Hall–Kier alpha value is -2.30. The van der Waals surface area contributed by atoms with Gasteiger partial charge in [-0.05, 0) is 43.2 Å². The van der Waals surface area contributed by atoms with Gasteiger partial charge in [0.15, 0.2) is 5.82 Å². The molecular formula is C19H17Cl2N3O. The molecule has 0 saturated carbocycles. The number of hydrogen-bond donors (Lipinski definition) is 1. The van der Waals surface area contributed by atoms with Gasteiger partial charge in [-0.15, -0.1) is 0 Å². The van der Waals surface area contributed by atoms with Gasteiger partial charge in [0.2, 0.25) is 0 Å². The van der Waals surface area contributed by atoms with Gasteiger partial charge in [-0.25, -0.2) is 0 Å². The summed E-state index contributed by atoms with van der Waals surface area (Å²) in [4.78, 5) is 12.4. The molecule has 0 spiro atoms. The molecule has 1 N–H and O–H groups in total. The highest BCUT2D eigenvalue weighted by Crippen LogP contribution is 2.23. The van der Waals surface area contributed by atoms with Gasteiger partial charge in [0.1, 0.15) is 0 Å². The van der Waals surface area contributed by atoms with E-state index in [9.17, 15) is 4.79 Å². The largest absolute Gasteiger partial charge is 0.305 e.